The van der Waals surface area contributed by atoms with Gasteiger partial charge in [0.1, 0.15) is 12.2 Å². The first-order valence-electron chi connectivity index (χ1n) is 10.2. The summed E-state index contributed by atoms with van der Waals surface area (Å²) >= 11 is 6.59. The molecule has 3 rings (SSSR count). The van der Waals surface area contributed by atoms with Crippen molar-refractivity contribution in [2.24, 2.45) is 17.3 Å². The minimum atomic E-state index is -1.00. The van der Waals surface area contributed by atoms with Gasteiger partial charge in [-0.25, -0.2) is 4.79 Å². The van der Waals surface area contributed by atoms with E-state index >= 15 is 0 Å². The van der Waals surface area contributed by atoms with Crippen LogP contribution >= 0.6 is 67.8 Å². The minimum absolute atomic E-state index is 0.142. The fourth-order valence-corrected chi connectivity index (χ4v) is 7.71. The highest BCUT2D eigenvalue weighted by Crippen LogP contribution is 2.54. The standard InChI is InChI=1S/C22H25I3O6/c1-12-5-13-9-21(2,20(29)30-4-3-17(26)27)11-22(8-12,10-13)31-19(28)15-6-14(23)7-16(24)18(15)25/h6-7,12-13H,3-5,8-11H2,1-2H3,(H,26,27). The molecule has 9 heteroatoms. The van der Waals surface area contributed by atoms with Crippen LogP contribution in [-0.2, 0) is 19.1 Å². The van der Waals surface area contributed by atoms with E-state index in [1.54, 1.807) is 0 Å². The van der Waals surface area contributed by atoms with Crippen molar-refractivity contribution in [3.05, 3.63) is 28.4 Å². The number of carboxylic acids is 1. The number of fused-ring (bicyclic) bond motifs is 2. The maximum absolute atomic E-state index is 13.3. The van der Waals surface area contributed by atoms with E-state index in [0.717, 1.165) is 23.6 Å². The van der Waals surface area contributed by atoms with Crippen molar-refractivity contribution in [2.45, 2.75) is 58.0 Å². The normalized spacial score (nSPS) is 29.8. The van der Waals surface area contributed by atoms with Crippen LogP contribution in [0.4, 0.5) is 0 Å². The van der Waals surface area contributed by atoms with Crippen LogP contribution in [0.15, 0.2) is 12.1 Å². The third kappa shape index (κ3) is 6.04. The summed E-state index contributed by atoms with van der Waals surface area (Å²) in [6.07, 6.45) is 3.29. The lowest BCUT2D eigenvalue weighted by Crippen LogP contribution is -2.53. The van der Waals surface area contributed by atoms with E-state index < -0.39 is 23.0 Å². The van der Waals surface area contributed by atoms with Gasteiger partial charge in [0.2, 0.25) is 0 Å². The first kappa shape index (κ1) is 25.4. The summed E-state index contributed by atoms with van der Waals surface area (Å²) in [5, 5.41) is 8.82. The highest BCUT2D eigenvalue weighted by Gasteiger charge is 2.55. The van der Waals surface area contributed by atoms with E-state index in [9.17, 15) is 14.4 Å². The molecule has 170 valence electrons. The van der Waals surface area contributed by atoms with E-state index in [0.29, 0.717) is 30.7 Å². The van der Waals surface area contributed by atoms with E-state index in [4.69, 9.17) is 14.6 Å². The van der Waals surface area contributed by atoms with Crippen molar-refractivity contribution in [2.75, 3.05) is 6.61 Å². The second kappa shape index (κ2) is 9.98. The number of aliphatic carboxylic acids is 1. The van der Waals surface area contributed by atoms with E-state index in [-0.39, 0.29) is 24.9 Å². The van der Waals surface area contributed by atoms with Crippen LogP contribution in [0.2, 0.25) is 0 Å². The molecule has 2 aliphatic carbocycles. The monoisotopic (exact) mass is 766 g/mol. The van der Waals surface area contributed by atoms with Crippen LogP contribution < -0.4 is 0 Å². The molecule has 0 heterocycles. The van der Waals surface area contributed by atoms with Gasteiger partial charge in [0.25, 0.3) is 0 Å². The number of carbonyl (C=O) groups excluding carboxylic acids is 2. The Labute approximate surface area is 223 Å². The van der Waals surface area contributed by atoms with Crippen LogP contribution in [0.5, 0.6) is 0 Å². The quantitative estimate of drug-likeness (QED) is 0.229. The van der Waals surface area contributed by atoms with Gasteiger partial charge < -0.3 is 14.6 Å². The van der Waals surface area contributed by atoms with Gasteiger partial charge in [-0.1, -0.05) is 6.92 Å². The van der Waals surface area contributed by atoms with Gasteiger partial charge in [0.15, 0.2) is 0 Å². The number of carboxylic acid groups (broad SMARTS) is 1. The van der Waals surface area contributed by atoms with Crippen molar-refractivity contribution in [1.29, 1.82) is 0 Å². The Kier molecular flexibility index (Phi) is 8.19. The number of ether oxygens (including phenoxy) is 2. The van der Waals surface area contributed by atoms with Crippen LogP contribution in [0.1, 0.15) is 62.7 Å². The van der Waals surface area contributed by atoms with Gasteiger partial charge in [-0.15, -0.1) is 0 Å². The molecule has 2 bridgehead atoms. The maximum Gasteiger partial charge on any atom is 0.339 e. The molecule has 4 atom stereocenters. The fraction of sp³-hybridized carbons (Fsp3) is 0.591. The van der Waals surface area contributed by atoms with Crippen molar-refractivity contribution in [1.82, 2.24) is 0 Å². The number of carbonyl (C=O) groups is 3. The van der Waals surface area contributed by atoms with Crippen LogP contribution in [-0.4, -0.2) is 35.2 Å². The predicted octanol–water partition coefficient (Wildman–Crippen LogP) is 5.65. The summed E-state index contributed by atoms with van der Waals surface area (Å²) in [5.74, 6) is -1.09. The predicted molar refractivity (Wildman–Crippen MR) is 140 cm³/mol. The average molecular weight is 766 g/mol. The molecule has 31 heavy (non-hydrogen) atoms. The van der Waals surface area contributed by atoms with Gasteiger partial charge in [-0.05, 0) is 124 Å². The van der Waals surface area contributed by atoms with Crippen LogP contribution in [0.3, 0.4) is 0 Å². The second-order valence-corrected chi connectivity index (χ2v) is 12.6. The second-order valence-electron chi connectivity index (χ2n) is 9.16. The van der Waals surface area contributed by atoms with Gasteiger partial charge in [-0.2, -0.15) is 0 Å². The number of hydrogen-bond acceptors (Lipinski definition) is 5. The third-order valence-electron chi connectivity index (χ3n) is 6.13. The van der Waals surface area contributed by atoms with Crippen molar-refractivity contribution in [3.63, 3.8) is 0 Å². The lowest BCUT2D eigenvalue weighted by atomic mass is 9.57. The summed E-state index contributed by atoms with van der Waals surface area (Å²) < 4.78 is 14.4. The zero-order valence-corrected chi connectivity index (χ0v) is 23.9. The first-order chi connectivity index (χ1) is 14.4. The molecule has 0 amide bonds. The molecule has 1 aromatic carbocycles. The lowest BCUT2D eigenvalue weighted by Gasteiger charge is -2.52. The molecule has 2 fully saturated rings. The zero-order chi connectivity index (χ0) is 23.0. The van der Waals surface area contributed by atoms with Crippen LogP contribution in [0, 0.1) is 28.0 Å². The molecule has 2 saturated carbocycles. The van der Waals surface area contributed by atoms with Gasteiger partial charge in [0, 0.05) is 17.1 Å². The summed E-state index contributed by atoms with van der Waals surface area (Å²) in [6.45, 7) is 3.89. The van der Waals surface area contributed by atoms with Crippen molar-refractivity contribution in [3.8, 4) is 0 Å². The van der Waals surface area contributed by atoms with Crippen LogP contribution in [0.25, 0.3) is 0 Å². The summed E-state index contributed by atoms with van der Waals surface area (Å²) in [7, 11) is 0. The van der Waals surface area contributed by atoms with Crippen molar-refractivity contribution >= 4 is 85.7 Å². The molecule has 0 saturated heterocycles. The maximum atomic E-state index is 13.3. The Morgan fingerprint density at radius 3 is 2.55 bits per heavy atom. The molecule has 1 aromatic rings. The zero-order valence-electron chi connectivity index (χ0n) is 17.4. The van der Waals surface area contributed by atoms with E-state index in [1.165, 1.54) is 0 Å². The van der Waals surface area contributed by atoms with E-state index in [1.807, 2.05) is 19.1 Å². The SMILES string of the molecule is CC1CC2CC(OC(=O)c3cc(I)cc(I)c3I)(C1)CC(C)(C(=O)OCCC(=O)O)C2. The smallest absolute Gasteiger partial charge is 0.339 e. The average Bonchev–Trinajstić information content (AvgIpc) is 2.62. The summed E-state index contributed by atoms with van der Waals surface area (Å²) in [5.41, 5.74) is -0.958. The number of halogens is 3. The minimum Gasteiger partial charge on any atom is -0.481 e. The molecule has 1 N–H and O–H groups in total. The Hall–Kier alpha value is -0.180. The van der Waals surface area contributed by atoms with Crippen molar-refractivity contribution < 1.29 is 29.0 Å². The van der Waals surface area contributed by atoms with E-state index in [2.05, 4.69) is 74.7 Å². The number of hydrogen-bond donors (Lipinski definition) is 1. The van der Waals surface area contributed by atoms with Gasteiger partial charge in [0.05, 0.1) is 17.4 Å². The largest absolute Gasteiger partial charge is 0.481 e. The molecular weight excluding hydrogens is 741 g/mol. The molecule has 2 aliphatic rings. The summed E-state index contributed by atoms with van der Waals surface area (Å²) in [6, 6.07) is 3.86. The highest BCUT2D eigenvalue weighted by molar-refractivity contribution is 14.1. The third-order valence-corrected chi connectivity index (χ3v) is 9.80. The molecule has 0 aromatic heterocycles. The molecule has 4 unspecified atom stereocenters. The Bertz CT molecular complexity index is 899. The number of benzene rings is 1. The van der Waals surface area contributed by atoms with Gasteiger partial charge in [-0.3, -0.25) is 9.59 Å². The fourth-order valence-electron chi connectivity index (χ4n) is 5.34. The Balaban J connectivity index is 1.84. The molecular formula is C22H25I3O6. The summed E-state index contributed by atoms with van der Waals surface area (Å²) in [4.78, 5) is 36.9. The Morgan fingerprint density at radius 2 is 1.87 bits per heavy atom. The molecule has 6 nitrogen and oxygen atoms in total. The molecule has 0 spiro atoms. The lowest BCUT2D eigenvalue weighted by molar-refractivity contribution is -0.173. The molecule has 0 aliphatic heterocycles. The Morgan fingerprint density at radius 1 is 1.16 bits per heavy atom. The topological polar surface area (TPSA) is 89.9 Å². The highest BCUT2D eigenvalue weighted by atomic mass is 127. The molecule has 0 radical (unpaired) electrons. The number of rotatable bonds is 6. The first-order valence-corrected chi connectivity index (χ1v) is 13.4. The van der Waals surface area contributed by atoms with Gasteiger partial charge >= 0.3 is 17.9 Å². The number of esters is 2.